The Labute approximate surface area is 201 Å². The molecule has 1 aliphatic heterocycles. The monoisotopic (exact) mass is 516 g/mol. The van der Waals surface area contributed by atoms with Crippen LogP contribution in [0.5, 0.6) is 5.75 Å². The highest BCUT2D eigenvalue weighted by Gasteiger charge is 2.41. The average molecular weight is 517 g/mol. The number of hydrogen-bond donors (Lipinski definition) is 1. The summed E-state index contributed by atoms with van der Waals surface area (Å²) in [6.45, 7) is 9.12. The van der Waals surface area contributed by atoms with Crippen molar-refractivity contribution < 1.29 is 19.0 Å². The number of likely N-dealkylation sites (tertiary alicyclic amines) is 1. The largest absolute Gasteiger partial charge is 0.467 e. The minimum absolute atomic E-state index is 0.150. The zero-order chi connectivity index (χ0) is 23.8. The van der Waals surface area contributed by atoms with Crippen LogP contribution in [-0.2, 0) is 14.9 Å². The molecule has 1 N–H and O–H groups in total. The molecule has 0 saturated carbocycles. The van der Waals surface area contributed by atoms with E-state index in [4.69, 9.17) is 14.2 Å². The number of nitrogens with one attached hydrogen (secondary N) is 1. The van der Waals surface area contributed by atoms with Crippen LogP contribution in [-0.4, -0.2) is 58.8 Å². The van der Waals surface area contributed by atoms with Crippen LogP contribution in [0.1, 0.15) is 39.8 Å². The molecule has 9 heteroatoms. The zero-order valence-corrected chi connectivity index (χ0v) is 21.2. The van der Waals surface area contributed by atoms with Crippen LogP contribution in [0.3, 0.4) is 0 Å². The minimum atomic E-state index is -0.521. The molecular weight excluding hydrogens is 488 g/mol. The van der Waals surface area contributed by atoms with E-state index in [0.29, 0.717) is 30.2 Å². The molecule has 1 unspecified atom stereocenters. The van der Waals surface area contributed by atoms with Crippen LogP contribution in [0.2, 0.25) is 0 Å². The Bertz CT molecular complexity index is 1170. The topological polar surface area (TPSA) is 89.6 Å². The molecule has 2 aromatic heterocycles. The van der Waals surface area contributed by atoms with Gasteiger partial charge >= 0.3 is 6.09 Å². The quantitative estimate of drug-likeness (QED) is 0.464. The number of rotatable bonds is 5. The third-order valence-corrected chi connectivity index (χ3v) is 6.54. The number of hydrogen-bond acceptors (Lipinski definition) is 6. The van der Waals surface area contributed by atoms with Gasteiger partial charge in [0.1, 0.15) is 11.4 Å². The Balaban J connectivity index is 1.64. The van der Waals surface area contributed by atoms with Crippen LogP contribution in [0.15, 0.2) is 34.8 Å². The van der Waals surface area contributed by atoms with Gasteiger partial charge in [-0.3, -0.25) is 0 Å². The fraction of sp³-hybridized carbons (Fsp3) is 0.458. The lowest BCUT2D eigenvalue weighted by atomic mass is 9.86. The van der Waals surface area contributed by atoms with Crippen molar-refractivity contribution in [1.29, 1.82) is 0 Å². The molecule has 176 valence electrons. The maximum atomic E-state index is 12.6. The molecule has 3 heterocycles. The zero-order valence-electron chi connectivity index (χ0n) is 19.6. The van der Waals surface area contributed by atoms with Gasteiger partial charge in [0.15, 0.2) is 12.4 Å². The van der Waals surface area contributed by atoms with Gasteiger partial charge in [-0.2, -0.15) is 0 Å². The normalized spacial score (nSPS) is 18.7. The second-order valence-corrected chi connectivity index (χ2v) is 10.4. The number of carbonyl (C=O) groups excluding carboxylic acids is 1. The second kappa shape index (κ2) is 8.95. The van der Waals surface area contributed by atoms with E-state index in [2.05, 4.69) is 38.0 Å². The molecule has 33 heavy (non-hydrogen) atoms. The molecule has 8 nitrogen and oxygen atoms in total. The molecular formula is C24H29BrN4O4. The summed E-state index contributed by atoms with van der Waals surface area (Å²) < 4.78 is 17.2. The number of para-hydroxylation sites is 1. The predicted octanol–water partition coefficient (Wildman–Crippen LogP) is 5.27. The summed E-state index contributed by atoms with van der Waals surface area (Å²) in [4.78, 5) is 17.8. The number of nitrogens with zero attached hydrogens (tertiary/aromatic N) is 3. The molecule has 1 saturated heterocycles. The first kappa shape index (κ1) is 23.5. The Morgan fingerprint density at radius 1 is 1.27 bits per heavy atom. The first-order chi connectivity index (χ1) is 15.6. The van der Waals surface area contributed by atoms with Crippen molar-refractivity contribution in [1.82, 2.24) is 20.1 Å². The highest BCUT2D eigenvalue weighted by atomic mass is 79.9. The van der Waals surface area contributed by atoms with Crippen molar-refractivity contribution in [3.8, 4) is 17.0 Å². The van der Waals surface area contributed by atoms with Gasteiger partial charge in [-0.05, 0) is 61.3 Å². The average Bonchev–Trinajstić information content (AvgIpc) is 3.33. The molecule has 0 bridgehead atoms. The van der Waals surface area contributed by atoms with Crippen molar-refractivity contribution in [2.24, 2.45) is 0 Å². The number of ether oxygens (including phenoxy) is 3. The maximum absolute atomic E-state index is 12.6. The third kappa shape index (κ3) is 4.84. The Hall–Kier alpha value is -2.65. The summed E-state index contributed by atoms with van der Waals surface area (Å²) in [6.07, 6.45) is 0.527. The van der Waals surface area contributed by atoms with Crippen molar-refractivity contribution >= 4 is 33.1 Å². The fourth-order valence-corrected chi connectivity index (χ4v) is 4.96. The number of amides is 1. The summed E-state index contributed by atoms with van der Waals surface area (Å²) in [5.41, 5.74) is 2.43. The number of benzene rings is 1. The van der Waals surface area contributed by atoms with E-state index in [-0.39, 0.29) is 18.3 Å². The summed E-state index contributed by atoms with van der Waals surface area (Å²) >= 11 is 3.79. The molecule has 1 aromatic carbocycles. The third-order valence-electron chi connectivity index (χ3n) is 5.72. The lowest BCUT2D eigenvalue weighted by molar-refractivity contribution is 0.0285. The maximum Gasteiger partial charge on any atom is 0.410 e. The molecule has 4 rings (SSSR count). The predicted molar refractivity (Wildman–Crippen MR) is 129 cm³/mol. The number of carbonyl (C=O) groups is 1. The van der Waals surface area contributed by atoms with Crippen molar-refractivity contribution in [2.45, 2.75) is 45.1 Å². The van der Waals surface area contributed by atoms with E-state index in [9.17, 15) is 4.79 Å². The Morgan fingerprint density at radius 2 is 2.03 bits per heavy atom. The Morgan fingerprint density at radius 3 is 2.76 bits per heavy atom. The highest BCUT2D eigenvalue weighted by molar-refractivity contribution is 9.10. The number of methoxy groups -OCH3 is 1. The van der Waals surface area contributed by atoms with Crippen LogP contribution in [0.25, 0.3) is 22.3 Å². The van der Waals surface area contributed by atoms with E-state index in [1.54, 1.807) is 12.0 Å². The van der Waals surface area contributed by atoms with Crippen LogP contribution in [0, 0.1) is 0 Å². The first-order valence-electron chi connectivity index (χ1n) is 10.9. The van der Waals surface area contributed by atoms with Gasteiger partial charge in [0, 0.05) is 46.7 Å². The van der Waals surface area contributed by atoms with Crippen LogP contribution >= 0.6 is 15.9 Å². The lowest BCUT2D eigenvalue weighted by Gasteiger charge is -2.27. The molecule has 1 aliphatic rings. The smallest absolute Gasteiger partial charge is 0.410 e. The molecule has 1 atom stereocenters. The van der Waals surface area contributed by atoms with Gasteiger partial charge in [-0.25, -0.2) is 4.79 Å². The van der Waals surface area contributed by atoms with E-state index in [1.807, 2.05) is 51.1 Å². The van der Waals surface area contributed by atoms with Crippen molar-refractivity contribution in [3.63, 3.8) is 0 Å². The number of fused-ring (bicyclic) bond motifs is 1. The molecule has 3 aromatic rings. The van der Waals surface area contributed by atoms with Crippen molar-refractivity contribution in [3.05, 3.63) is 40.5 Å². The number of H-pyrrole nitrogens is 1. The fourth-order valence-electron chi connectivity index (χ4n) is 4.08. The van der Waals surface area contributed by atoms with E-state index in [0.717, 1.165) is 27.5 Å². The second-order valence-electron chi connectivity index (χ2n) is 9.57. The lowest BCUT2D eigenvalue weighted by Crippen LogP contribution is -2.37. The van der Waals surface area contributed by atoms with E-state index in [1.165, 1.54) is 0 Å². The van der Waals surface area contributed by atoms with Crippen LogP contribution < -0.4 is 4.74 Å². The molecule has 0 aliphatic carbocycles. The molecule has 0 spiro atoms. The number of aromatic nitrogens is 3. The van der Waals surface area contributed by atoms with E-state index < -0.39 is 5.60 Å². The van der Waals surface area contributed by atoms with Gasteiger partial charge < -0.3 is 24.1 Å². The molecule has 0 radical (unpaired) electrons. The van der Waals surface area contributed by atoms with Gasteiger partial charge in [-0.15, -0.1) is 10.2 Å². The highest BCUT2D eigenvalue weighted by Crippen LogP contribution is 2.41. The summed E-state index contributed by atoms with van der Waals surface area (Å²) in [7, 11) is 1.58. The standard InChI is InChI=1S/C24H29BrN4O4/c1-23(2,3)33-22(30)29-11-10-24(4,13-29)20-19(25)16-12-17(27-28-21(16)26-20)15-8-6-7-9-18(15)32-14-31-5/h6-9,12H,10-11,13-14H2,1-5H3,(H,26,28). The first-order valence-corrected chi connectivity index (χ1v) is 11.6. The SMILES string of the molecule is COCOc1ccccc1-c1cc2c(Br)c(C3(C)CCN(C(=O)OC(C)(C)C)C3)[nH]c2nn1. The van der Waals surface area contributed by atoms with Gasteiger partial charge in [0.05, 0.1) is 5.69 Å². The Kier molecular flexibility index (Phi) is 6.37. The number of halogens is 1. The summed E-state index contributed by atoms with van der Waals surface area (Å²) in [5.74, 6) is 0.677. The van der Waals surface area contributed by atoms with Crippen molar-refractivity contribution in [2.75, 3.05) is 27.0 Å². The minimum Gasteiger partial charge on any atom is -0.467 e. The van der Waals surface area contributed by atoms with Gasteiger partial charge in [0.2, 0.25) is 0 Å². The molecule has 1 fully saturated rings. The summed E-state index contributed by atoms with van der Waals surface area (Å²) in [5, 5.41) is 9.79. The van der Waals surface area contributed by atoms with Crippen LogP contribution in [0.4, 0.5) is 4.79 Å². The number of aromatic amines is 1. The van der Waals surface area contributed by atoms with Gasteiger partial charge in [-0.1, -0.05) is 19.1 Å². The molecule has 1 amide bonds. The van der Waals surface area contributed by atoms with Gasteiger partial charge in [0.25, 0.3) is 0 Å². The summed E-state index contributed by atoms with van der Waals surface area (Å²) in [6, 6.07) is 9.65. The van der Waals surface area contributed by atoms with E-state index >= 15 is 0 Å².